The molecule has 1 rings (SSSR count). The molecule has 0 nitrogen and oxygen atoms in total. The number of hydrogen-bond acceptors (Lipinski definition) is 0. The lowest BCUT2D eigenvalue weighted by Gasteiger charge is -2.12. The zero-order valence-corrected chi connectivity index (χ0v) is 9.56. The van der Waals surface area contributed by atoms with E-state index in [1.54, 1.807) is 5.57 Å². The van der Waals surface area contributed by atoms with Crippen LogP contribution in [0.25, 0.3) is 0 Å². The SMILES string of the molecule is C[Si](C)(C)/C=C/C1=CCCCC1. The molecule has 0 heterocycles. The van der Waals surface area contributed by atoms with Crippen LogP contribution in [0.4, 0.5) is 0 Å². The molecule has 1 heteroatoms. The van der Waals surface area contributed by atoms with Crippen LogP contribution in [0.3, 0.4) is 0 Å². The molecule has 0 radical (unpaired) electrons. The molecule has 0 aromatic rings. The van der Waals surface area contributed by atoms with Crippen LogP contribution in [0.2, 0.25) is 19.6 Å². The van der Waals surface area contributed by atoms with Crippen molar-refractivity contribution in [2.75, 3.05) is 0 Å². The van der Waals surface area contributed by atoms with Gasteiger partial charge in [0.25, 0.3) is 0 Å². The van der Waals surface area contributed by atoms with E-state index < -0.39 is 8.07 Å². The van der Waals surface area contributed by atoms with E-state index in [4.69, 9.17) is 0 Å². The van der Waals surface area contributed by atoms with Gasteiger partial charge in [-0.25, -0.2) is 0 Å². The van der Waals surface area contributed by atoms with Gasteiger partial charge in [0.1, 0.15) is 0 Å². The second-order valence-electron chi connectivity index (χ2n) is 4.72. The molecule has 0 aromatic carbocycles. The van der Waals surface area contributed by atoms with Gasteiger partial charge in [0.15, 0.2) is 0 Å². The van der Waals surface area contributed by atoms with Crippen molar-refractivity contribution in [1.82, 2.24) is 0 Å². The molecule has 0 N–H and O–H groups in total. The molecule has 0 aliphatic heterocycles. The summed E-state index contributed by atoms with van der Waals surface area (Å²) in [6.07, 6.45) is 10.2. The predicted molar refractivity (Wildman–Crippen MR) is 59.0 cm³/mol. The smallest absolute Gasteiger partial charge is 0.0687 e. The zero-order chi connectivity index (χ0) is 9.03. The monoisotopic (exact) mass is 180 g/mol. The highest BCUT2D eigenvalue weighted by atomic mass is 28.3. The maximum Gasteiger partial charge on any atom is 0.0687 e. The first kappa shape index (κ1) is 9.78. The van der Waals surface area contributed by atoms with E-state index in [1.807, 2.05) is 0 Å². The highest BCUT2D eigenvalue weighted by molar-refractivity contribution is 6.81. The van der Waals surface area contributed by atoms with E-state index in [-0.39, 0.29) is 0 Å². The molecular formula is C11H20Si. The molecule has 0 unspecified atom stereocenters. The van der Waals surface area contributed by atoms with Crippen molar-refractivity contribution < 1.29 is 0 Å². The standard InChI is InChI=1S/C11H20Si/c1-12(2,3)10-9-11-7-5-4-6-8-11/h7,9-10H,4-6,8H2,1-3H3/b10-9+. The van der Waals surface area contributed by atoms with E-state index in [9.17, 15) is 0 Å². The Labute approximate surface area is 77.4 Å². The van der Waals surface area contributed by atoms with E-state index in [0.29, 0.717) is 0 Å². The molecule has 1 aliphatic rings. The van der Waals surface area contributed by atoms with Gasteiger partial charge in [-0.05, 0) is 25.7 Å². The maximum absolute atomic E-state index is 2.45. The van der Waals surface area contributed by atoms with Crippen LogP contribution in [0.15, 0.2) is 23.4 Å². The van der Waals surface area contributed by atoms with Gasteiger partial charge in [-0.2, -0.15) is 0 Å². The Kier molecular flexibility index (Phi) is 3.33. The molecule has 1 aliphatic carbocycles. The molecule has 0 bridgehead atoms. The third-order valence-electron chi connectivity index (χ3n) is 2.12. The summed E-state index contributed by atoms with van der Waals surface area (Å²) in [5.41, 5.74) is 4.02. The lowest BCUT2D eigenvalue weighted by atomic mass is 10.00. The first-order chi connectivity index (χ1) is 5.58. The summed E-state index contributed by atoms with van der Waals surface area (Å²) < 4.78 is 0. The second-order valence-corrected chi connectivity index (χ2v) is 9.79. The molecule has 0 fully saturated rings. The molecule has 0 spiro atoms. The zero-order valence-electron chi connectivity index (χ0n) is 8.56. The van der Waals surface area contributed by atoms with Crippen LogP contribution in [0.1, 0.15) is 25.7 Å². The van der Waals surface area contributed by atoms with Gasteiger partial charge in [-0.15, -0.1) is 0 Å². The van der Waals surface area contributed by atoms with Crippen LogP contribution in [0.5, 0.6) is 0 Å². The van der Waals surface area contributed by atoms with E-state index in [0.717, 1.165) is 0 Å². The maximum atomic E-state index is 2.45. The van der Waals surface area contributed by atoms with Gasteiger partial charge in [0, 0.05) is 0 Å². The predicted octanol–water partition coefficient (Wildman–Crippen LogP) is 3.92. The fraction of sp³-hybridized carbons (Fsp3) is 0.636. The van der Waals surface area contributed by atoms with Crippen molar-refractivity contribution in [3.63, 3.8) is 0 Å². The van der Waals surface area contributed by atoms with E-state index in [1.165, 1.54) is 25.7 Å². The van der Waals surface area contributed by atoms with Crippen LogP contribution < -0.4 is 0 Å². The molecule has 0 atom stereocenters. The first-order valence-corrected chi connectivity index (χ1v) is 8.54. The normalized spacial score (nSPS) is 19.8. The van der Waals surface area contributed by atoms with Gasteiger partial charge in [-0.1, -0.05) is 43.1 Å². The topological polar surface area (TPSA) is 0 Å². The summed E-state index contributed by atoms with van der Waals surface area (Å²) in [7, 11) is -0.963. The Balaban J connectivity index is 2.49. The minimum atomic E-state index is -0.963. The quantitative estimate of drug-likeness (QED) is 0.565. The summed E-state index contributed by atoms with van der Waals surface area (Å²) in [5.74, 6) is 0. The van der Waals surface area contributed by atoms with Crippen LogP contribution >= 0.6 is 0 Å². The first-order valence-electron chi connectivity index (χ1n) is 4.96. The third kappa shape index (κ3) is 3.91. The second kappa shape index (κ2) is 4.08. The summed E-state index contributed by atoms with van der Waals surface area (Å²) in [5, 5.41) is 0. The van der Waals surface area contributed by atoms with Crippen molar-refractivity contribution in [2.45, 2.75) is 45.3 Å². The molecule has 0 aromatic heterocycles. The number of hydrogen-bond donors (Lipinski definition) is 0. The van der Waals surface area contributed by atoms with Gasteiger partial charge in [0.2, 0.25) is 0 Å². The average Bonchev–Trinajstić information content (AvgIpc) is 2.02. The minimum absolute atomic E-state index is 0.963. The van der Waals surface area contributed by atoms with Gasteiger partial charge in [-0.3, -0.25) is 0 Å². The van der Waals surface area contributed by atoms with Crippen molar-refractivity contribution in [1.29, 1.82) is 0 Å². The van der Waals surface area contributed by atoms with Crippen LogP contribution in [0, 0.1) is 0 Å². The fourth-order valence-electron chi connectivity index (χ4n) is 1.37. The lowest BCUT2D eigenvalue weighted by molar-refractivity contribution is 0.712. The van der Waals surface area contributed by atoms with Crippen LogP contribution in [-0.4, -0.2) is 8.07 Å². The molecule has 0 saturated carbocycles. The lowest BCUT2D eigenvalue weighted by Crippen LogP contribution is -2.15. The van der Waals surface area contributed by atoms with Gasteiger partial charge in [0.05, 0.1) is 8.07 Å². The van der Waals surface area contributed by atoms with Crippen molar-refractivity contribution >= 4 is 8.07 Å². The van der Waals surface area contributed by atoms with Gasteiger partial charge < -0.3 is 0 Å². The van der Waals surface area contributed by atoms with Crippen molar-refractivity contribution in [3.05, 3.63) is 23.4 Å². The number of rotatable bonds is 2. The average molecular weight is 180 g/mol. The number of allylic oxidation sites excluding steroid dienone is 3. The highest BCUT2D eigenvalue weighted by Gasteiger charge is 2.07. The molecule has 0 saturated heterocycles. The van der Waals surface area contributed by atoms with Gasteiger partial charge >= 0.3 is 0 Å². The van der Waals surface area contributed by atoms with E-state index >= 15 is 0 Å². The Bertz CT molecular complexity index is 194. The molecule has 0 amide bonds. The summed E-state index contributed by atoms with van der Waals surface area (Å²) in [6, 6.07) is 0. The molecule has 68 valence electrons. The Hall–Kier alpha value is -0.303. The summed E-state index contributed by atoms with van der Waals surface area (Å²) in [6.45, 7) is 7.15. The molecular weight excluding hydrogens is 160 g/mol. The summed E-state index contributed by atoms with van der Waals surface area (Å²) in [4.78, 5) is 0. The Morgan fingerprint density at radius 1 is 1.25 bits per heavy atom. The van der Waals surface area contributed by atoms with Crippen LogP contribution in [-0.2, 0) is 0 Å². The fourth-order valence-corrected chi connectivity index (χ4v) is 2.09. The van der Waals surface area contributed by atoms with Crippen molar-refractivity contribution in [2.24, 2.45) is 0 Å². The molecule has 12 heavy (non-hydrogen) atoms. The highest BCUT2D eigenvalue weighted by Crippen LogP contribution is 2.19. The Morgan fingerprint density at radius 2 is 2.00 bits per heavy atom. The largest absolute Gasteiger partial charge is 0.0947 e. The van der Waals surface area contributed by atoms with E-state index in [2.05, 4.69) is 37.5 Å². The van der Waals surface area contributed by atoms with Crippen molar-refractivity contribution in [3.8, 4) is 0 Å². The Morgan fingerprint density at radius 3 is 2.50 bits per heavy atom. The third-order valence-corrected chi connectivity index (χ3v) is 3.29. The summed E-state index contributed by atoms with van der Waals surface area (Å²) >= 11 is 0. The minimum Gasteiger partial charge on any atom is -0.0947 e.